The summed E-state index contributed by atoms with van der Waals surface area (Å²) < 4.78 is 5.11. The Morgan fingerprint density at radius 2 is 2.33 bits per heavy atom. The number of nitrogens with zero attached hydrogens (tertiary/aromatic N) is 2. The Kier molecular flexibility index (Phi) is 8.51. The van der Waals surface area contributed by atoms with E-state index < -0.39 is 12.1 Å². The first-order valence-electron chi connectivity index (χ1n) is 9.09. The Bertz CT molecular complexity index is 660. The number of carboxylic acid groups (broad SMARTS) is 1. The molecule has 1 aromatic rings. The Hall–Kier alpha value is -2.67. The Balaban J connectivity index is 1.85. The van der Waals surface area contributed by atoms with Gasteiger partial charge >= 0.3 is 5.97 Å². The van der Waals surface area contributed by atoms with Gasteiger partial charge in [0.05, 0.1) is 31.4 Å². The lowest BCUT2D eigenvalue weighted by molar-refractivity contribution is -0.137. The molecular weight excluding hydrogens is 348 g/mol. The summed E-state index contributed by atoms with van der Waals surface area (Å²) in [7, 11) is 0. The van der Waals surface area contributed by atoms with E-state index in [0.29, 0.717) is 19.4 Å². The van der Waals surface area contributed by atoms with Gasteiger partial charge in [-0.05, 0) is 30.5 Å². The van der Waals surface area contributed by atoms with E-state index in [2.05, 4.69) is 4.98 Å². The van der Waals surface area contributed by atoms with Crippen molar-refractivity contribution in [3.05, 3.63) is 54.6 Å². The number of pyridine rings is 1. The maximum atomic E-state index is 12.2. The fourth-order valence-electron chi connectivity index (χ4n) is 2.91. The van der Waals surface area contributed by atoms with Crippen LogP contribution in [0.1, 0.15) is 31.2 Å². The molecule has 0 saturated carbocycles. The molecule has 0 radical (unpaired) electrons. The van der Waals surface area contributed by atoms with Gasteiger partial charge in [-0.2, -0.15) is 0 Å². The fourth-order valence-corrected chi connectivity index (χ4v) is 2.91. The molecule has 1 amide bonds. The van der Waals surface area contributed by atoms with Crippen molar-refractivity contribution in [1.29, 1.82) is 0 Å². The summed E-state index contributed by atoms with van der Waals surface area (Å²) >= 11 is 0. The number of aromatic nitrogens is 1. The van der Waals surface area contributed by atoms with Crippen LogP contribution >= 0.6 is 0 Å². The lowest BCUT2D eigenvalue weighted by Crippen LogP contribution is -2.42. The molecule has 1 unspecified atom stereocenters. The molecule has 0 aromatic carbocycles. The van der Waals surface area contributed by atoms with Crippen LogP contribution in [0.25, 0.3) is 0 Å². The Labute approximate surface area is 159 Å². The van der Waals surface area contributed by atoms with Crippen molar-refractivity contribution in [3.63, 3.8) is 0 Å². The number of hydrogen-bond donors (Lipinski definition) is 2. The largest absolute Gasteiger partial charge is 0.501 e. The first kappa shape index (κ1) is 20.6. The number of piperidine rings is 1. The number of carbonyl (C=O) groups is 2. The zero-order chi connectivity index (χ0) is 19.5. The maximum absolute atomic E-state index is 12.2. The van der Waals surface area contributed by atoms with Crippen molar-refractivity contribution < 1.29 is 24.5 Å². The van der Waals surface area contributed by atoms with Gasteiger partial charge in [0.15, 0.2) is 0 Å². The third-order valence-electron chi connectivity index (χ3n) is 4.26. The second-order valence-corrected chi connectivity index (χ2v) is 6.41. The van der Waals surface area contributed by atoms with Crippen molar-refractivity contribution in [2.45, 2.75) is 44.2 Å². The summed E-state index contributed by atoms with van der Waals surface area (Å²) in [5, 5.41) is 18.8. The van der Waals surface area contributed by atoms with Crippen LogP contribution in [-0.4, -0.2) is 57.3 Å². The van der Waals surface area contributed by atoms with E-state index in [9.17, 15) is 14.7 Å². The van der Waals surface area contributed by atoms with Crippen LogP contribution in [0.4, 0.5) is 0 Å². The summed E-state index contributed by atoms with van der Waals surface area (Å²) in [6, 6.07) is 3.67. The van der Waals surface area contributed by atoms with Gasteiger partial charge in [0.25, 0.3) is 0 Å². The number of ether oxygens (including phenoxy) is 1. The number of hydrogen-bond acceptors (Lipinski definition) is 5. The standard InChI is InChI=1S/C20H26N2O5/c23-18(14-16-4-2-10-21-15-16)8-7-17-5-1-6-19(24)22(17)11-3-12-27-13-9-20(25)26/h2-4,7-8,10,12,15,17-18,23H,1,5-6,9,11,13-14H2,(H,25,26)/b8-7+,12-3-/t17-,18?/m1/s1. The van der Waals surface area contributed by atoms with Crippen molar-refractivity contribution in [3.8, 4) is 0 Å². The average molecular weight is 374 g/mol. The van der Waals surface area contributed by atoms with Gasteiger partial charge in [0, 0.05) is 31.8 Å². The molecule has 7 heteroatoms. The number of aliphatic carboxylic acids is 1. The molecular formula is C20H26N2O5. The minimum Gasteiger partial charge on any atom is -0.501 e. The Morgan fingerprint density at radius 1 is 1.48 bits per heavy atom. The van der Waals surface area contributed by atoms with Crippen molar-refractivity contribution in [2.75, 3.05) is 13.2 Å². The lowest BCUT2D eigenvalue weighted by atomic mass is 10.00. The summed E-state index contributed by atoms with van der Waals surface area (Å²) in [6.07, 6.45) is 12.1. The number of aliphatic hydroxyl groups excluding tert-OH is 1. The highest BCUT2D eigenvalue weighted by atomic mass is 16.5. The molecule has 1 saturated heterocycles. The molecule has 2 N–H and O–H groups in total. The van der Waals surface area contributed by atoms with Crippen LogP contribution in [0.3, 0.4) is 0 Å². The van der Waals surface area contributed by atoms with Gasteiger partial charge in [0.1, 0.15) is 0 Å². The molecule has 146 valence electrons. The molecule has 1 aromatic heterocycles. The Morgan fingerprint density at radius 3 is 3.07 bits per heavy atom. The number of amides is 1. The second kappa shape index (κ2) is 11.1. The number of carbonyl (C=O) groups excluding carboxylic acids is 1. The van der Waals surface area contributed by atoms with E-state index in [1.165, 1.54) is 6.26 Å². The maximum Gasteiger partial charge on any atom is 0.306 e. The van der Waals surface area contributed by atoms with Crippen LogP contribution in [0, 0.1) is 0 Å². The van der Waals surface area contributed by atoms with Crippen LogP contribution in [0.15, 0.2) is 49.0 Å². The molecule has 1 aliphatic heterocycles. The van der Waals surface area contributed by atoms with E-state index in [1.807, 2.05) is 18.2 Å². The first-order chi connectivity index (χ1) is 13.1. The predicted octanol–water partition coefficient (Wildman–Crippen LogP) is 1.93. The minimum atomic E-state index is -0.912. The number of aliphatic hydroxyl groups is 1. The van der Waals surface area contributed by atoms with E-state index in [4.69, 9.17) is 9.84 Å². The quantitative estimate of drug-likeness (QED) is 0.369. The lowest BCUT2D eigenvalue weighted by Gasteiger charge is -2.33. The summed E-state index contributed by atoms with van der Waals surface area (Å²) in [5.74, 6) is -0.850. The first-order valence-corrected chi connectivity index (χ1v) is 9.09. The normalized spacial score (nSPS) is 18.9. The molecule has 7 nitrogen and oxygen atoms in total. The summed E-state index contributed by atoms with van der Waals surface area (Å²) in [4.78, 5) is 28.4. The van der Waals surface area contributed by atoms with Gasteiger partial charge in [-0.15, -0.1) is 0 Å². The van der Waals surface area contributed by atoms with Crippen molar-refractivity contribution >= 4 is 11.9 Å². The average Bonchev–Trinajstić information content (AvgIpc) is 2.65. The fraction of sp³-hybridized carbons (Fsp3) is 0.450. The van der Waals surface area contributed by atoms with Gasteiger partial charge in [-0.1, -0.05) is 18.2 Å². The summed E-state index contributed by atoms with van der Waals surface area (Å²) in [5.41, 5.74) is 0.952. The van der Waals surface area contributed by atoms with Crippen LogP contribution in [0.5, 0.6) is 0 Å². The van der Waals surface area contributed by atoms with Crippen molar-refractivity contribution in [2.24, 2.45) is 0 Å². The summed E-state index contributed by atoms with van der Waals surface area (Å²) in [6.45, 7) is 0.489. The van der Waals surface area contributed by atoms with Gasteiger partial charge < -0.3 is 19.8 Å². The highest BCUT2D eigenvalue weighted by molar-refractivity contribution is 5.77. The van der Waals surface area contributed by atoms with Crippen LogP contribution < -0.4 is 0 Å². The van der Waals surface area contributed by atoms with Crippen LogP contribution in [-0.2, 0) is 20.7 Å². The van der Waals surface area contributed by atoms with E-state index in [0.717, 1.165) is 18.4 Å². The minimum absolute atomic E-state index is 0.0623. The topological polar surface area (TPSA) is 100.0 Å². The second-order valence-electron chi connectivity index (χ2n) is 6.41. The molecule has 0 bridgehead atoms. The molecule has 0 aliphatic carbocycles. The van der Waals surface area contributed by atoms with Crippen molar-refractivity contribution in [1.82, 2.24) is 9.88 Å². The SMILES string of the molecule is O=C(O)CCO/C=C\CN1C(=O)CCC[C@@H]1/C=C/C(O)Cc1cccnc1. The number of likely N-dealkylation sites (tertiary alicyclic amines) is 1. The molecule has 2 heterocycles. The molecule has 0 spiro atoms. The third kappa shape index (κ3) is 7.62. The highest BCUT2D eigenvalue weighted by Crippen LogP contribution is 2.19. The molecule has 1 aliphatic rings. The smallest absolute Gasteiger partial charge is 0.306 e. The van der Waals surface area contributed by atoms with Gasteiger partial charge in [0.2, 0.25) is 5.91 Å². The predicted molar refractivity (Wildman–Crippen MR) is 99.8 cm³/mol. The van der Waals surface area contributed by atoms with Gasteiger partial charge in [-0.3, -0.25) is 14.6 Å². The monoisotopic (exact) mass is 374 g/mol. The highest BCUT2D eigenvalue weighted by Gasteiger charge is 2.25. The number of rotatable bonds is 10. The zero-order valence-corrected chi connectivity index (χ0v) is 15.2. The third-order valence-corrected chi connectivity index (χ3v) is 4.26. The van der Waals surface area contributed by atoms with E-state index in [1.54, 1.807) is 29.4 Å². The van der Waals surface area contributed by atoms with Gasteiger partial charge in [-0.25, -0.2) is 0 Å². The van der Waals surface area contributed by atoms with Crippen LogP contribution in [0.2, 0.25) is 0 Å². The molecule has 27 heavy (non-hydrogen) atoms. The molecule has 2 atom stereocenters. The zero-order valence-electron chi connectivity index (χ0n) is 15.2. The number of carboxylic acids is 1. The molecule has 1 fully saturated rings. The van der Waals surface area contributed by atoms with E-state index in [-0.39, 0.29) is 25.0 Å². The molecule has 2 rings (SSSR count). The van der Waals surface area contributed by atoms with E-state index >= 15 is 0 Å².